The van der Waals surface area contributed by atoms with Gasteiger partial charge in [-0.2, -0.15) is 0 Å². The molecule has 3 nitrogen and oxygen atoms in total. The summed E-state index contributed by atoms with van der Waals surface area (Å²) in [5.74, 6) is 0.711. The van der Waals surface area contributed by atoms with E-state index in [1.165, 1.54) is 11.1 Å². The molecule has 2 aromatic rings. The first-order valence-corrected chi connectivity index (χ1v) is 6.65. The van der Waals surface area contributed by atoms with E-state index in [1.54, 1.807) is 6.20 Å². The summed E-state index contributed by atoms with van der Waals surface area (Å²) < 4.78 is 5.59. The van der Waals surface area contributed by atoms with Crippen molar-refractivity contribution in [2.75, 3.05) is 13.2 Å². The van der Waals surface area contributed by atoms with Gasteiger partial charge in [0.05, 0.1) is 6.61 Å². The zero-order valence-corrected chi connectivity index (χ0v) is 11.3. The summed E-state index contributed by atoms with van der Waals surface area (Å²) in [5.41, 5.74) is 2.48. The first-order valence-electron chi connectivity index (χ1n) is 6.65. The topological polar surface area (TPSA) is 34.1 Å². The molecule has 1 heterocycles. The molecule has 3 heteroatoms. The van der Waals surface area contributed by atoms with Crippen molar-refractivity contribution in [3.8, 4) is 5.88 Å². The van der Waals surface area contributed by atoms with Crippen molar-refractivity contribution in [2.24, 2.45) is 0 Å². The lowest BCUT2D eigenvalue weighted by Gasteiger charge is -2.07. The molecule has 19 heavy (non-hydrogen) atoms. The number of rotatable bonds is 7. The molecule has 0 atom stereocenters. The number of nitrogens with one attached hydrogen (secondary N) is 1. The number of pyridine rings is 1. The van der Waals surface area contributed by atoms with Gasteiger partial charge in [-0.1, -0.05) is 30.3 Å². The predicted molar refractivity (Wildman–Crippen MR) is 77.2 cm³/mol. The number of aryl methyl sites for hydroxylation is 1. The molecule has 0 radical (unpaired) electrons. The number of aromatic nitrogens is 1. The van der Waals surface area contributed by atoms with Crippen molar-refractivity contribution < 1.29 is 4.74 Å². The maximum atomic E-state index is 5.59. The van der Waals surface area contributed by atoms with Gasteiger partial charge in [-0.05, 0) is 37.1 Å². The SMILES string of the molecule is Cc1ccnc(OCCCNCc2ccccc2)c1. The number of hydrogen-bond acceptors (Lipinski definition) is 3. The molecule has 0 aliphatic rings. The third kappa shape index (κ3) is 5.10. The summed E-state index contributed by atoms with van der Waals surface area (Å²) >= 11 is 0. The normalized spacial score (nSPS) is 10.4. The Morgan fingerprint density at radius 1 is 1.16 bits per heavy atom. The van der Waals surface area contributed by atoms with Crippen molar-refractivity contribution in [3.63, 3.8) is 0 Å². The van der Waals surface area contributed by atoms with E-state index in [2.05, 4.69) is 34.6 Å². The highest BCUT2D eigenvalue weighted by Crippen LogP contribution is 2.07. The molecule has 0 aliphatic carbocycles. The van der Waals surface area contributed by atoms with Crippen molar-refractivity contribution in [1.82, 2.24) is 10.3 Å². The molecule has 0 unspecified atom stereocenters. The monoisotopic (exact) mass is 256 g/mol. The van der Waals surface area contributed by atoms with Gasteiger partial charge in [0.1, 0.15) is 0 Å². The summed E-state index contributed by atoms with van der Waals surface area (Å²) in [4.78, 5) is 4.16. The second-order valence-electron chi connectivity index (χ2n) is 4.54. The van der Waals surface area contributed by atoms with Crippen LogP contribution < -0.4 is 10.1 Å². The van der Waals surface area contributed by atoms with Crippen LogP contribution in [0, 0.1) is 6.92 Å². The largest absolute Gasteiger partial charge is 0.478 e. The molecule has 0 fully saturated rings. The minimum atomic E-state index is 0.693. The summed E-state index contributed by atoms with van der Waals surface area (Å²) in [5, 5.41) is 3.40. The molecule has 100 valence electrons. The summed E-state index contributed by atoms with van der Waals surface area (Å²) in [6.45, 7) is 4.58. The van der Waals surface area contributed by atoms with Gasteiger partial charge in [0.2, 0.25) is 5.88 Å². The average Bonchev–Trinajstić information content (AvgIpc) is 2.44. The first-order chi connectivity index (χ1) is 9.34. The lowest BCUT2D eigenvalue weighted by atomic mass is 10.2. The van der Waals surface area contributed by atoms with Crippen molar-refractivity contribution in [2.45, 2.75) is 19.9 Å². The smallest absolute Gasteiger partial charge is 0.213 e. The predicted octanol–water partition coefficient (Wildman–Crippen LogP) is 2.95. The van der Waals surface area contributed by atoms with E-state index in [9.17, 15) is 0 Å². The zero-order chi connectivity index (χ0) is 13.3. The molecular formula is C16H20N2O. The third-order valence-electron chi connectivity index (χ3n) is 2.81. The third-order valence-corrected chi connectivity index (χ3v) is 2.81. The van der Waals surface area contributed by atoms with Gasteiger partial charge < -0.3 is 10.1 Å². The van der Waals surface area contributed by atoms with Crippen LogP contribution in [0.4, 0.5) is 0 Å². The fourth-order valence-electron chi connectivity index (χ4n) is 1.79. The van der Waals surface area contributed by atoms with Gasteiger partial charge in [0, 0.05) is 18.8 Å². The lowest BCUT2D eigenvalue weighted by Crippen LogP contribution is -2.17. The molecule has 1 aromatic heterocycles. The molecule has 0 spiro atoms. The van der Waals surface area contributed by atoms with E-state index in [4.69, 9.17) is 4.74 Å². The van der Waals surface area contributed by atoms with Gasteiger partial charge in [0.25, 0.3) is 0 Å². The van der Waals surface area contributed by atoms with Crippen molar-refractivity contribution in [1.29, 1.82) is 0 Å². The van der Waals surface area contributed by atoms with Gasteiger partial charge >= 0.3 is 0 Å². The molecule has 0 bridgehead atoms. The number of benzene rings is 1. The first kappa shape index (κ1) is 13.6. The lowest BCUT2D eigenvalue weighted by molar-refractivity contribution is 0.296. The highest BCUT2D eigenvalue weighted by molar-refractivity contribution is 5.18. The Kier molecular flexibility index (Phi) is 5.38. The Bertz CT molecular complexity index is 485. The van der Waals surface area contributed by atoms with Crippen LogP contribution in [0.5, 0.6) is 5.88 Å². The highest BCUT2D eigenvalue weighted by Gasteiger charge is 1.95. The molecular weight excluding hydrogens is 236 g/mol. The van der Waals surface area contributed by atoms with E-state index in [-0.39, 0.29) is 0 Å². The zero-order valence-electron chi connectivity index (χ0n) is 11.3. The summed E-state index contributed by atoms with van der Waals surface area (Å²) in [6.07, 6.45) is 2.75. The Hall–Kier alpha value is -1.87. The Labute approximate surface area is 114 Å². The molecule has 0 saturated heterocycles. The molecule has 0 aliphatic heterocycles. The fourth-order valence-corrected chi connectivity index (χ4v) is 1.79. The minimum absolute atomic E-state index is 0.693. The Morgan fingerprint density at radius 2 is 2.00 bits per heavy atom. The Morgan fingerprint density at radius 3 is 2.79 bits per heavy atom. The highest BCUT2D eigenvalue weighted by atomic mass is 16.5. The quantitative estimate of drug-likeness (QED) is 0.773. The molecule has 1 aromatic carbocycles. The maximum Gasteiger partial charge on any atom is 0.213 e. The number of ether oxygens (including phenoxy) is 1. The van der Waals surface area contributed by atoms with E-state index in [0.29, 0.717) is 12.5 Å². The van der Waals surface area contributed by atoms with Gasteiger partial charge in [-0.3, -0.25) is 0 Å². The maximum absolute atomic E-state index is 5.59. The Balaban J connectivity index is 1.58. The van der Waals surface area contributed by atoms with Crippen LogP contribution >= 0.6 is 0 Å². The van der Waals surface area contributed by atoms with E-state index in [1.807, 2.05) is 25.1 Å². The second-order valence-corrected chi connectivity index (χ2v) is 4.54. The standard InChI is InChI=1S/C16H20N2O/c1-14-8-10-18-16(12-14)19-11-5-9-17-13-15-6-3-2-4-7-15/h2-4,6-8,10,12,17H,5,9,11,13H2,1H3. The van der Waals surface area contributed by atoms with Gasteiger partial charge in [-0.25, -0.2) is 4.98 Å². The van der Waals surface area contributed by atoms with Crippen molar-refractivity contribution >= 4 is 0 Å². The second kappa shape index (κ2) is 7.54. The number of nitrogens with zero attached hydrogens (tertiary/aromatic N) is 1. The van der Waals surface area contributed by atoms with Gasteiger partial charge in [-0.15, -0.1) is 0 Å². The van der Waals surface area contributed by atoms with E-state index < -0.39 is 0 Å². The molecule has 0 amide bonds. The molecule has 0 saturated carbocycles. The van der Waals surface area contributed by atoms with Crippen LogP contribution in [-0.4, -0.2) is 18.1 Å². The number of hydrogen-bond donors (Lipinski definition) is 1. The van der Waals surface area contributed by atoms with Crippen LogP contribution in [0.2, 0.25) is 0 Å². The van der Waals surface area contributed by atoms with Crippen LogP contribution in [0.1, 0.15) is 17.5 Å². The summed E-state index contributed by atoms with van der Waals surface area (Å²) in [6, 6.07) is 14.3. The van der Waals surface area contributed by atoms with Crippen molar-refractivity contribution in [3.05, 3.63) is 59.8 Å². The van der Waals surface area contributed by atoms with E-state index in [0.717, 1.165) is 19.5 Å². The van der Waals surface area contributed by atoms with Crippen LogP contribution in [0.25, 0.3) is 0 Å². The van der Waals surface area contributed by atoms with Gasteiger partial charge in [0.15, 0.2) is 0 Å². The van der Waals surface area contributed by atoms with E-state index >= 15 is 0 Å². The minimum Gasteiger partial charge on any atom is -0.478 e. The van der Waals surface area contributed by atoms with Crippen LogP contribution in [-0.2, 0) is 6.54 Å². The fraction of sp³-hybridized carbons (Fsp3) is 0.312. The molecule has 1 N–H and O–H groups in total. The molecule has 2 rings (SSSR count). The average molecular weight is 256 g/mol. The summed E-state index contributed by atoms with van der Waals surface area (Å²) in [7, 11) is 0. The van der Waals surface area contributed by atoms with Crippen LogP contribution in [0.3, 0.4) is 0 Å². The van der Waals surface area contributed by atoms with Crippen LogP contribution in [0.15, 0.2) is 48.7 Å².